The number of rotatable bonds is 11. The van der Waals surface area contributed by atoms with Crippen molar-refractivity contribution in [3.63, 3.8) is 0 Å². The minimum Gasteiger partial charge on any atom is -0.492 e. The van der Waals surface area contributed by atoms with Crippen molar-refractivity contribution < 1.29 is 19.4 Å². The summed E-state index contributed by atoms with van der Waals surface area (Å²) in [6, 6.07) is 10.9. The van der Waals surface area contributed by atoms with Crippen LogP contribution in [0.2, 0.25) is 5.02 Å². The molecule has 1 amide bonds. The second-order valence-corrected chi connectivity index (χ2v) is 7.61. The van der Waals surface area contributed by atoms with Crippen LogP contribution in [-0.2, 0) is 4.79 Å². The van der Waals surface area contributed by atoms with E-state index in [1.807, 2.05) is 24.3 Å². The van der Waals surface area contributed by atoms with Crippen LogP contribution in [0.1, 0.15) is 36.0 Å². The zero-order valence-corrected chi connectivity index (χ0v) is 17.9. The Bertz CT molecular complexity index is 1050. The number of aromatic nitrogens is 1. The summed E-state index contributed by atoms with van der Waals surface area (Å²) in [7, 11) is 0. The van der Waals surface area contributed by atoms with Crippen molar-refractivity contribution in [2.24, 2.45) is 5.73 Å². The predicted molar refractivity (Wildman–Crippen MR) is 122 cm³/mol. The molecule has 0 aliphatic rings. The molecule has 0 saturated carbocycles. The Morgan fingerprint density at radius 2 is 1.90 bits per heavy atom. The lowest BCUT2D eigenvalue weighted by molar-refractivity contribution is -0.121. The van der Waals surface area contributed by atoms with Gasteiger partial charge in [0.05, 0.1) is 17.1 Å². The van der Waals surface area contributed by atoms with Gasteiger partial charge in [0.25, 0.3) is 0 Å². The molecule has 1 aromatic heterocycles. The summed E-state index contributed by atoms with van der Waals surface area (Å²) in [5, 5.41) is 13.3. The maximum atomic E-state index is 11.7. The largest absolute Gasteiger partial charge is 0.492 e. The van der Waals surface area contributed by atoms with Gasteiger partial charge in [0.15, 0.2) is 0 Å². The quantitative estimate of drug-likeness (QED) is 0.331. The van der Waals surface area contributed by atoms with Gasteiger partial charge >= 0.3 is 5.97 Å². The summed E-state index contributed by atoms with van der Waals surface area (Å²) in [4.78, 5) is 26.1. The highest BCUT2D eigenvalue weighted by Gasteiger charge is 2.14. The van der Waals surface area contributed by atoms with E-state index in [9.17, 15) is 14.7 Å². The number of carbonyl (C=O) groups excluding carboxylic acids is 1. The van der Waals surface area contributed by atoms with Crippen molar-refractivity contribution >= 4 is 34.4 Å². The molecule has 3 rings (SSSR count). The van der Waals surface area contributed by atoms with Gasteiger partial charge in [-0.25, -0.2) is 4.79 Å². The van der Waals surface area contributed by atoms with Gasteiger partial charge < -0.3 is 25.9 Å². The lowest BCUT2D eigenvalue weighted by Crippen LogP contribution is -2.27. The Hall–Kier alpha value is -3.03. The molecule has 3 aromatic rings. The molecule has 5 N–H and O–H groups in total. The minimum absolute atomic E-state index is 0.0199. The third-order valence-electron chi connectivity index (χ3n) is 4.97. The third-order valence-corrected chi connectivity index (χ3v) is 5.28. The van der Waals surface area contributed by atoms with Crippen LogP contribution in [0.25, 0.3) is 22.0 Å². The summed E-state index contributed by atoms with van der Waals surface area (Å²) in [5.41, 5.74) is 7.90. The molecule has 0 atom stereocenters. The average Bonchev–Trinajstić information content (AvgIpc) is 3.17. The number of nitrogens with two attached hydrogens (primary N) is 1. The van der Waals surface area contributed by atoms with Crippen molar-refractivity contribution in [1.82, 2.24) is 10.3 Å². The van der Waals surface area contributed by atoms with E-state index in [1.54, 1.807) is 12.1 Å². The SMILES string of the molecule is NCCCCCC(=O)NCCOc1ccc(-c2cc3c(C(=O)O)c[nH]c3cc2Cl)cc1. The van der Waals surface area contributed by atoms with Crippen LogP contribution in [0.15, 0.2) is 42.6 Å². The Morgan fingerprint density at radius 1 is 1.13 bits per heavy atom. The molecule has 0 unspecified atom stereocenters. The second kappa shape index (κ2) is 10.8. The number of fused-ring (bicyclic) bond motifs is 1. The Balaban J connectivity index is 1.56. The smallest absolute Gasteiger partial charge is 0.337 e. The number of aromatic amines is 1. The molecule has 164 valence electrons. The van der Waals surface area contributed by atoms with E-state index in [0.29, 0.717) is 47.8 Å². The van der Waals surface area contributed by atoms with Crippen LogP contribution in [-0.4, -0.2) is 41.7 Å². The molecule has 1 heterocycles. The molecule has 0 aliphatic heterocycles. The van der Waals surface area contributed by atoms with Gasteiger partial charge in [-0.15, -0.1) is 0 Å². The zero-order valence-electron chi connectivity index (χ0n) is 17.1. The first-order chi connectivity index (χ1) is 15.0. The summed E-state index contributed by atoms with van der Waals surface area (Å²) >= 11 is 6.41. The van der Waals surface area contributed by atoms with Gasteiger partial charge in [-0.05, 0) is 49.2 Å². The Kier molecular flexibility index (Phi) is 7.92. The number of carboxylic acids is 1. The van der Waals surface area contributed by atoms with Crippen molar-refractivity contribution in [2.75, 3.05) is 19.7 Å². The number of carbonyl (C=O) groups is 2. The fourth-order valence-electron chi connectivity index (χ4n) is 3.33. The van der Waals surface area contributed by atoms with Crippen molar-refractivity contribution in [1.29, 1.82) is 0 Å². The molecular weight excluding hydrogens is 418 g/mol. The Morgan fingerprint density at radius 3 is 2.61 bits per heavy atom. The molecule has 7 nitrogen and oxygen atoms in total. The van der Waals surface area contributed by atoms with Crippen LogP contribution in [0.5, 0.6) is 5.75 Å². The van der Waals surface area contributed by atoms with Crippen LogP contribution in [0, 0.1) is 0 Å². The van der Waals surface area contributed by atoms with Crippen LogP contribution >= 0.6 is 11.6 Å². The number of aromatic carboxylic acids is 1. The number of hydrogen-bond donors (Lipinski definition) is 4. The van der Waals surface area contributed by atoms with Crippen LogP contribution in [0.4, 0.5) is 0 Å². The van der Waals surface area contributed by atoms with Gasteiger partial charge in [0.2, 0.25) is 5.91 Å². The highest BCUT2D eigenvalue weighted by Crippen LogP contribution is 2.34. The number of H-pyrrole nitrogens is 1. The molecule has 0 spiro atoms. The molecule has 0 fully saturated rings. The van der Waals surface area contributed by atoms with Crippen molar-refractivity contribution in [3.8, 4) is 16.9 Å². The molecule has 0 bridgehead atoms. The number of nitrogens with one attached hydrogen (secondary N) is 2. The number of carboxylic acid groups (broad SMARTS) is 1. The molecule has 31 heavy (non-hydrogen) atoms. The average molecular weight is 444 g/mol. The standard InChI is InChI=1S/C23H26ClN3O4/c24-20-13-21-18(19(14-27-21)23(29)30)12-17(20)15-5-7-16(8-6-15)31-11-10-26-22(28)4-2-1-3-9-25/h5-8,12-14,27H,1-4,9-11,25H2,(H,26,28)(H,29,30). The van der Waals surface area contributed by atoms with Gasteiger partial charge in [0.1, 0.15) is 12.4 Å². The van der Waals surface area contributed by atoms with E-state index in [0.717, 1.165) is 30.4 Å². The summed E-state index contributed by atoms with van der Waals surface area (Å²) in [6.45, 7) is 1.46. The highest BCUT2D eigenvalue weighted by atomic mass is 35.5. The van der Waals surface area contributed by atoms with E-state index in [1.165, 1.54) is 6.20 Å². The number of benzene rings is 2. The summed E-state index contributed by atoms with van der Waals surface area (Å²) in [5.74, 6) is -0.302. The van der Waals surface area contributed by atoms with E-state index in [4.69, 9.17) is 22.1 Å². The number of hydrogen-bond acceptors (Lipinski definition) is 4. The molecule has 0 aliphatic carbocycles. The number of unbranched alkanes of at least 4 members (excludes halogenated alkanes) is 2. The fourth-order valence-corrected chi connectivity index (χ4v) is 3.60. The van der Waals surface area contributed by atoms with Gasteiger partial charge in [-0.1, -0.05) is 30.2 Å². The molecule has 0 saturated heterocycles. The first-order valence-corrected chi connectivity index (χ1v) is 10.6. The zero-order chi connectivity index (χ0) is 22.2. The lowest BCUT2D eigenvalue weighted by Gasteiger charge is -2.10. The number of ether oxygens (including phenoxy) is 1. The van der Waals surface area contributed by atoms with E-state index in [-0.39, 0.29) is 11.5 Å². The number of halogens is 1. The normalized spacial score (nSPS) is 10.9. The molecule has 8 heteroatoms. The number of amides is 1. The first-order valence-electron chi connectivity index (χ1n) is 10.2. The second-order valence-electron chi connectivity index (χ2n) is 7.21. The third kappa shape index (κ3) is 5.99. The first kappa shape index (κ1) is 22.7. The van der Waals surface area contributed by atoms with Crippen molar-refractivity contribution in [2.45, 2.75) is 25.7 Å². The van der Waals surface area contributed by atoms with E-state index < -0.39 is 5.97 Å². The maximum Gasteiger partial charge on any atom is 0.337 e. The topological polar surface area (TPSA) is 117 Å². The molecular formula is C23H26ClN3O4. The van der Waals surface area contributed by atoms with Crippen LogP contribution < -0.4 is 15.8 Å². The maximum absolute atomic E-state index is 11.7. The minimum atomic E-state index is -0.995. The van der Waals surface area contributed by atoms with Gasteiger partial charge in [0, 0.05) is 29.1 Å². The van der Waals surface area contributed by atoms with E-state index >= 15 is 0 Å². The van der Waals surface area contributed by atoms with Gasteiger partial charge in [-0.2, -0.15) is 0 Å². The fraction of sp³-hybridized carbons (Fsp3) is 0.304. The predicted octanol–water partition coefficient (Wildman–Crippen LogP) is 4.20. The van der Waals surface area contributed by atoms with E-state index in [2.05, 4.69) is 10.3 Å². The lowest BCUT2D eigenvalue weighted by atomic mass is 10.0. The van der Waals surface area contributed by atoms with Gasteiger partial charge in [-0.3, -0.25) is 4.79 Å². The molecule has 2 aromatic carbocycles. The monoisotopic (exact) mass is 443 g/mol. The van der Waals surface area contributed by atoms with Crippen LogP contribution in [0.3, 0.4) is 0 Å². The Labute approximate surface area is 185 Å². The summed E-state index contributed by atoms with van der Waals surface area (Å²) < 4.78 is 5.68. The summed E-state index contributed by atoms with van der Waals surface area (Å²) in [6.07, 6.45) is 4.72. The highest BCUT2D eigenvalue weighted by molar-refractivity contribution is 6.34. The van der Waals surface area contributed by atoms with Crippen molar-refractivity contribution in [3.05, 3.63) is 53.2 Å². The molecule has 0 radical (unpaired) electrons.